The molecular weight excluding hydrogens is 316 g/mol. The minimum absolute atomic E-state index is 0.212. The number of ether oxygens (including phenoxy) is 1. The van der Waals surface area contributed by atoms with E-state index in [1.807, 2.05) is 37.3 Å². The van der Waals surface area contributed by atoms with Gasteiger partial charge in [-0.1, -0.05) is 61.9 Å². The van der Waals surface area contributed by atoms with Gasteiger partial charge in [-0.2, -0.15) is 0 Å². The van der Waals surface area contributed by atoms with Crippen LogP contribution in [0.4, 0.5) is 0 Å². The van der Waals surface area contributed by atoms with Gasteiger partial charge in [-0.05, 0) is 35.6 Å². The van der Waals surface area contributed by atoms with E-state index in [1.54, 1.807) is 18.2 Å². The molecular formula is C21H22O4. The van der Waals surface area contributed by atoms with Gasteiger partial charge in [-0.15, -0.1) is 0 Å². The third-order valence-corrected chi connectivity index (χ3v) is 3.78. The van der Waals surface area contributed by atoms with Crippen LogP contribution in [0.5, 0.6) is 0 Å². The molecule has 0 unspecified atom stereocenters. The summed E-state index contributed by atoms with van der Waals surface area (Å²) in [6, 6.07) is 15.0. The summed E-state index contributed by atoms with van der Waals surface area (Å²) in [6.07, 6.45) is 5.06. The molecule has 0 atom stereocenters. The van der Waals surface area contributed by atoms with Gasteiger partial charge in [0.2, 0.25) is 0 Å². The minimum Gasteiger partial charge on any atom is -0.478 e. The zero-order valence-electron chi connectivity index (χ0n) is 14.3. The molecule has 0 aliphatic carbocycles. The summed E-state index contributed by atoms with van der Waals surface area (Å²) in [4.78, 5) is 23.4. The summed E-state index contributed by atoms with van der Waals surface area (Å²) in [6.45, 7) is 2.39. The lowest BCUT2D eigenvalue weighted by atomic mass is 9.95. The molecule has 2 rings (SSSR count). The largest absolute Gasteiger partial charge is 0.478 e. The summed E-state index contributed by atoms with van der Waals surface area (Å²) in [5.41, 5.74) is 2.45. The highest BCUT2D eigenvalue weighted by molar-refractivity contribution is 5.96. The number of unbranched alkanes of at least 4 members (excludes halogenated alkanes) is 1. The topological polar surface area (TPSA) is 63.6 Å². The molecule has 2 aromatic rings. The van der Waals surface area contributed by atoms with Crippen molar-refractivity contribution in [2.75, 3.05) is 6.61 Å². The number of hydrogen-bond donors (Lipinski definition) is 1. The fraction of sp³-hybridized carbons (Fsp3) is 0.238. The van der Waals surface area contributed by atoms with Crippen molar-refractivity contribution in [2.45, 2.75) is 26.2 Å². The molecule has 25 heavy (non-hydrogen) atoms. The molecule has 0 heterocycles. The Hall–Kier alpha value is -2.88. The quantitative estimate of drug-likeness (QED) is 0.442. The Balaban J connectivity index is 2.22. The van der Waals surface area contributed by atoms with E-state index in [9.17, 15) is 14.7 Å². The lowest BCUT2D eigenvalue weighted by molar-refractivity contribution is -0.137. The van der Waals surface area contributed by atoms with Gasteiger partial charge in [-0.3, -0.25) is 0 Å². The van der Waals surface area contributed by atoms with Crippen LogP contribution >= 0.6 is 0 Å². The second-order valence-electron chi connectivity index (χ2n) is 5.70. The van der Waals surface area contributed by atoms with Gasteiger partial charge in [0, 0.05) is 6.08 Å². The van der Waals surface area contributed by atoms with Crippen molar-refractivity contribution in [3.05, 3.63) is 76.9 Å². The Morgan fingerprint density at radius 2 is 1.84 bits per heavy atom. The lowest BCUT2D eigenvalue weighted by Crippen LogP contribution is -2.06. The first-order valence-corrected chi connectivity index (χ1v) is 8.35. The Labute approximate surface area is 147 Å². The monoisotopic (exact) mass is 338 g/mol. The third-order valence-electron chi connectivity index (χ3n) is 3.78. The molecule has 4 nitrogen and oxygen atoms in total. The predicted molar refractivity (Wildman–Crippen MR) is 97.6 cm³/mol. The highest BCUT2D eigenvalue weighted by atomic mass is 16.5. The number of esters is 1. The highest BCUT2D eigenvalue weighted by Gasteiger charge is 2.14. The third kappa shape index (κ3) is 5.60. The molecule has 0 saturated heterocycles. The van der Waals surface area contributed by atoms with E-state index < -0.39 is 11.9 Å². The molecule has 1 N–H and O–H groups in total. The Kier molecular flexibility index (Phi) is 6.96. The van der Waals surface area contributed by atoms with Crippen LogP contribution in [-0.4, -0.2) is 23.7 Å². The normalized spacial score (nSPS) is 10.8. The minimum atomic E-state index is -1.01. The smallest absolute Gasteiger partial charge is 0.336 e. The van der Waals surface area contributed by atoms with Crippen LogP contribution in [0, 0.1) is 0 Å². The van der Waals surface area contributed by atoms with E-state index in [-0.39, 0.29) is 5.56 Å². The van der Waals surface area contributed by atoms with Crippen molar-refractivity contribution in [2.24, 2.45) is 0 Å². The molecule has 4 heteroatoms. The van der Waals surface area contributed by atoms with E-state index >= 15 is 0 Å². The first-order valence-electron chi connectivity index (χ1n) is 8.35. The van der Waals surface area contributed by atoms with Crippen molar-refractivity contribution in [3.63, 3.8) is 0 Å². The van der Waals surface area contributed by atoms with E-state index in [0.717, 1.165) is 18.4 Å². The van der Waals surface area contributed by atoms with Gasteiger partial charge < -0.3 is 9.84 Å². The van der Waals surface area contributed by atoms with Crippen molar-refractivity contribution < 1.29 is 19.4 Å². The van der Waals surface area contributed by atoms with Gasteiger partial charge in [-0.25, -0.2) is 9.59 Å². The maximum absolute atomic E-state index is 11.7. The number of carboxylic acids is 1. The average Bonchev–Trinajstić information content (AvgIpc) is 2.61. The molecule has 0 fully saturated rings. The van der Waals surface area contributed by atoms with Crippen molar-refractivity contribution in [1.82, 2.24) is 0 Å². The van der Waals surface area contributed by atoms with Crippen LogP contribution in [0.3, 0.4) is 0 Å². The number of aromatic carboxylic acids is 1. The molecule has 0 spiro atoms. The SMILES string of the molecule is CCCCOC(=O)C=Cc1cccc(Cc2ccccc2)c1C(=O)O. The van der Waals surface area contributed by atoms with E-state index in [1.165, 1.54) is 12.2 Å². The molecule has 0 aliphatic heterocycles. The molecule has 0 amide bonds. The summed E-state index contributed by atoms with van der Waals surface area (Å²) in [5.74, 6) is -1.47. The van der Waals surface area contributed by atoms with Crippen LogP contribution < -0.4 is 0 Å². The number of carbonyl (C=O) groups is 2. The average molecular weight is 338 g/mol. The first-order chi connectivity index (χ1) is 12.1. The fourth-order valence-electron chi connectivity index (χ4n) is 2.51. The van der Waals surface area contributed by atoms with E-state index in [0.29, 0.717) is 24.2 Å². The Morgan fingerprint density at radius 1 is 1.08 bits per heavy atom. The van der Waals surface area contributed by atoms with Gasteiger partial charge in [0.1, 0.15) is 0 Å². The van der Waals surface area contributed by atoms with E-state index in [4.69, 9.17) is 4.74 Å². The first kappa shape index (κ1) is 18.5. The zero-order chi connectivity index (χ0) is 18.1. The Morgan fingerprint density at radius 3 is 2.52 bits per heavy atom. The van der Waals surface area contributed by atoms with E-state index in [2.05, 4.69) is 0 Å². The fourth-order valence-corrected chi connectivity index (χ4v) is 2.51. The molecule has 130 valence electrons. The van der Waals surface area contributed by atoms with Crippen molar-refractivity contribution in [1.29, 1.82) is 0 Å². The Bertz CT molecular complexity index is 748. The maximum atomic E-state index is 11.7. The summed E-state index contributed by atoms with van der Waals surface area (Å²) in [7, 11) is 0. The number of carboxylic acid groups (broad SMARTS) is 1. The number of benzene rings is 2. The number of carbonyl (C=O) groups excluding carboxylic acids is 1. The van der Waals surface area contributed by atoms with Crippen LogP contribution in [0.1, 0.15) is 46.8 Å². The van der Waals surface area contributed by atoms with Crippen LogP contribution in [-0.2, 0) is 16.0 Å². The van der Waals surface area contributed by atoms with Crippen LogP contribution in [0.25, 0.3) is 6.08 Å². The zero-order valence-corrected chi connectivity index (χ0v) is 14.3. The van der Waals surface area contributed by atoms with Crippen molar-refractivity contribution >= 4 is 18.0 Å². The summed E-state index contributed by atoms with van der Waals surface area (Å²) in [5, 5.41) is 9.61. The standard InChI is InChI=1S/C21H22O4/c1-2-3-14-25-19(22)13-12-17-10-7-11-18(20(17)21(23)24)15-16-8-5-4-6-9-16/h4-13H,2-3,14-15H2,1H3,(H,23,24). The van der Waals surface area contributed by atoms with Crippen LogP contribution in [0.2, 0.25) is 0 Å². The second-order valence-corrected chi connectivity index (χ2v) is 5.70. The van der Waals surface area contributed by atoms with Gasteiger partial charge in [0.25, 0.3) is 0 Å². The molecule has 2 aromatic carbocycles. The molecule has 0 bridgehead atoms. The molecule has 0 radical (unpaired) electrons. The van der Waals surface area contributed by atoms with Crippen molar-refractivity contribution in [3.8, 4) is 0 Å². The summed E-state index contributed by atoms with van der Waals surface area (Å²) >= 11 is 0. The molecule has 0 aromatic heterocycles. The summed E-state index contributed by atoms with van der Waals surface area (Å²) < 4.78 is 5.06. The second kappa shape index (κ2) is 9.42. The number of rotatable bonds is 8. The highest BCUT2D eigenvalue weighted by Crippen LogP contribution is 2.20. The molecule has 0 aliphatic rings. The molecule has 0 saturated carbocycles. The van der Waals surface area contributed by atoms with Gasteiger partial charge in [0.15, 0.2) is 0 Å². The number of hydrogen-bond acceptors (Lipinski definition) is 3. The maximum Gasteiger partial charge on any atom is 0.336 e. The van der Waals surface area contributed by atoms with Gasteiger partial charge >= 0.3 is 11.9 Å². The van der Waals surface area contributed by atoms with Crippen LogP contribution in [0.15, 0.2) is 54.6 Å². The lowest BCUT2D eigenvalue weighted by Gasteiger charge is -2.09. The predicted octanol–water partition coefficient (Wildman–Crippen LogP) is 4.33. The van der Waals surface area contributed by atoms with Gasteiger partial charge in [0.05, 0.1) is 12.2 Å².